The number of fused-ring (bicyclic) bond motifs is 6. The summed E-state index contributed by atoms with van der Waals surface area (Å²) in [4.78, 5) is 31.3. The Labute approximate surface area is 145 Å². The molecule has 25 heavy (non-hydrogen) atoms. The molecule has 2 amide bonds. The summed E-state index contributed by atoms with van der Waals surface area (Å²) in [5, 5.41) is 4.33. The molecule has 5 rings (SSSR count). The van der Waals surface area contributed by atoms with Crippen molar-refractivity contribution in [1.82, 2.24) is 9.88 Å². The molecule has 2 bridgehead atoms. The highest BCUT2D eigenvalue weighted by atomic mass is 16.2. The molecule has 2 aliphatic carbocycles. The monoisotopic (exact) mass is 333 g/mol. The number of carbonyl (C=O) groups is 2. The van der Waals surface area contributed by atoms with Crippen molar-refractivity contribution in [3.05, 3.63) is 48.2 Å². The number of rotatable bonds is 3. The van der Waals surface area contributed by atoms with Crippen LogP contribution in [-0.2, 0) is 9.59 Å². The fraction of sp³-hybridized carbons (Fsp3) is 0.350. The predicted molar refractivity (Wildman–Crippen MR) is 94.5 cm³/mol. The zero-order chi connectivity index (χ0) is 17.1. The first-order valence-corrected chi connectivity index (χ1v) is 8.77. The third-order valence-corrected chi connectivity index (χ3v) is 5.98. The zero-order valence-corrected chi connectivity index (χ0v) is 14.0. The van der Waals surface area contributed by atoms with Crippen molar-refractivity contribution in [2.75, 3.05) is 12.0 Å². The van der Waals surface area contributed by atoms with Gasteiger partial charge in [0.25, 0.3) is 0 Å². The average molecular weight is 333 g/mol. The quantitative estimate of drug-likeness (QED) is 0.693. The van der Waals surface area contributed by atoms with E-state index < -0.39 is 0 Å². The summed E-state index contributed by atoms with van der Waals surface area (Å²) in [6.45, 7) is 2.25. The number of imide groups is 1. The second-order valence-corrected chi connectivity index (χ2v) is 7.27. The summed E-state index contributed by atoms with van der Waals surface area (Å²) in [5.74, 6) is 0.165. The second-order valence-electron chi connectivity index (χ2n) is 7.27. The number of anilines is 1. The minimum absolute atomic E-state index is 0.0243. The fourth-order valence-electron chi connectivity index (χ4n) is 4.74. The number of carbonyl (C=O) groups excluding carboxylic acids is 2. The molecule has 2 heterocycles. The van der Waals surface area contributed by atoms with Crippen LogP contribution in [0.4, 0.5) is 5.69 Å². The highest BCUT2D eigenvalue weighted by molar-refractivity contribution is 6.06. The molecule has 4 atom stereocenters. The van der Waals surface area contributed by atoms with E-state index in [0.717, 1.165) is 28.6 Å². The maximum absolute atomic E-state index is 12.7. The van der Waals surface area contributed by atoms with Crippen LogP contribution in [-0.4, -0.2) is 28.4 Å². The van der Waals surface area contributed by atoms with Gasteiger partial charge in [0.1, 0.15) is 0 Å². The van der Waals surface area contributed by atoms with Gasteiger partial charge in [-0.1, -0.05) is 24.3 Å². The number of benzene rings is 1. The van der Waals surface area contributed by atoms with Crippen LogP contribution in [0.2, 0.25) is 0 Å². The number of pyridine rings is 1. The lowest BCUT2D eigenvalue weighted by atomic mass is 9.85. The minimum atomic E-state index is -0.141. The summed E-state index contributed by atoms with van der Waals surface area (Å²) in [7, 11) is 0. The van der Waals surface area contributed by atoms with Crippen LogP contribution < -0.4 is 5.32 Å². The van der Waals surface area contributed by atoms with Crippen molar-refractivity contribution in [3.63, 3.8) is 0 Å². The molecule has 3 aliphatic rings. The third-order valence-electron chi connectivity index (χ3n) is 5.98. The normalized spacial score (nSPS) is 29.7. The molecule has 126 valence electrons. The van der Waals surface area contributed by atoms with Gasteiger partial charge in [0.15, 0.2) is 0 Å². The Kier molecular flexibility index (Phi) is 3.02. The SMILES string of the molecule is Cc1ccnc2c(NCN3C(=O)[C@@H]4[C@H](C3=O)[C@@H]3C=C[C@@H]4C3)cccc12. The van der Waals surface area contributed by atoms with Crippen LogP contribution in [0.5, 0.6) is 0 Å². The molecule has 1 aliphatic heterocycles. The van der Waals surface area contributed by atoms with Gasteiger partial charge in [-0.05, 0) is 42.9 Å². The van der Waals surface area contributed by atoms with Crippen molar-refractivity contribution >= 4 is 28.4 Å². The van der Waals surface area contributed by atoms with Gasteiger partial charge in [0, 0.05) is 11.6 Å². The van der Waals surface area contributed by atoms with Crippen LogP contribution in [0.25, 0.3) is 10.9 Å². The molecule has 5 nitrogen and oxygen atoms in total. The number of nitrogens with one attached hydrogen (secondary N) is 1. The molecule has 1 N–H and O–H groups in total. The molecule has 5 heteroatoms. The minimum Gasteiger partial charge on any atom is -0.365 e. The Morgan fingerprint density at radius 1 is 1.12 bits per heavy atom. The summed E-state index contributed by atoms with van der Waals surface area (Å²) < 4.78 is 0. The molecule has 1 saturated carbocycles. The molecule has 0 unspecified atom stereocenters. The van der Waals surface area contributed by atoms with E-state index in [1.165, 1.54) is 4.90 Å². The second kappa shape index (κ2) is 5.15. The molecule has 0 radical (unpaired) electrons. The lowest BCUT2D eigenvalue weighted by molar-refractivity contribution is -0.140. The Bertz CT molecular complexity index is 906. The van der Waals surface area contributed by atoms with Gasteiger partial charge < -0.3 is 5.32 Å². The summed E-state index contributed by atoms with van der Waals surface area (Å²) >= 11 is 0. The standard InChI is InChI=1S/C20H19N3O2/c1-11-7-8-21-18-14(11)3-2-4-15(18)22-10-23-19(24)16-12-5-6-13(9-12)17(16)20(23)25/h2-8,12-13,16-17,22H,9-10H2,1H3/t12-,13-,16-,17+/m1/s1. The van der Waals surface area contributed by atoms with Gasteiger partial charge in [-0.2, -0.15) is 0 Å². The van der Waals surface area contributed by atoms with Gasteiger partial charge in [-0.15, -0.1) is 0 Å². The number of aryl methyl sites for hydroxylation is 1. The molecule has 2 aromatic rings. The number of para-hydroxylation sites is 1. The molecule has 1 saturated heterocycles. The fourth-order valence-corrected chi connectivity index (χ4v) is 4.74. The van der Waals surface area contributed by atoms with Crippen molar-refractivity contribution in [1.29, 1.82) is 0 Å². The van der Waals surface area contributed by atoms with Crippen molar-refractivity contribution in [3.8, 4) is 0 Å². The van der Waals surface area contributed by atoms with Crippen LogP contribution in [0.15, 0.2) is 42.6 Å². The van der Waals surface area contributed by atoms with E-state index in [1.807, 2.05) is 31.2 Å². The van der Waals surface area contributed by atoms with Crippen molar-refractivity contribution in [2.45, 2.75) is 13.3 Å². The third kappa shape index (κ3) is 1.98. The smallest absolute Gasteiger partial charge is 0.235 e. The van der Waals surface area contributed by atoms with Crippen LogP contribution >= 0.6 is 0 Å². The van der Waals surface area contributed by atoms with E-state index in [1.54, 1.807) is 6.20 Å². The highest BCUT2D eigenvalue weighted by Crippen LogP contribution is 2.52. The lowest BCUT2D eigenvalue weighted by Gasteiger charge is -2.19. The number of nitrogens with zero attached hydrogens (tertiary/aromatic N) is 2. The largest absolute Gasteiger partial charge is 0.365 e. The Morgan fingerprint density at radius 2 is 1.84 bits per heavy atom. The molecule has 2 fully saturated rings. The number of amides is 2. The van der Waals surface area contributed by atoms with Crippen LogP contribution in [0.1, 0.15) is 12.0 Å². The highest BCUT2D eigenvalue weighted by Gasteiger charge is 2.59. The van der Waals surface area contributed by atoms with E-state index in [4.69, 9.17) is 0 Å². The first-order valence-electron chi connectivity index (χ1n) is 8.77. The summed E-state index contributed by atoms with van der Waals surface area (Å²) in [5.41, 5.74) is 2.86. The molecular weight excluding hydrogens is 314 g/mol. The predicted octanol–water partition coefficient (Wildman–Crippen LogP) is 2.72. The number of hydrogen-bond donors (Lipinski definition) is 1. The lowest BCUT2D eigenvalue weighted by Crippen LogP contribution is -2.37. The average Bonchev–Trinajstić information content (AvgIpc) is 3.29. The maximum Gasteiger partial charge on any atom is 0.235 e. The maximum atomic E-state index is 12.7. The topological polar surface area (TPSA) is 62.3 Å². The van der Waals surface area contributed by atoms with Crippen LogP contribution in [0.3, 0.4) is 0 Å². The van der Waals surface area contributed by atoms with E-state index >= 15 is 0 Å². The van der Waals surface area contributed by atoms with Gasteiger partial charge in [-0.25, -0.2) is 0 Å². The first kappa shape index (κ1) is 14.6. The molecular formula is C20H19N3O2. The van der Waals surface area contributed by atoms with E-state index in [2.05, 4.69) is 22.5 Å². The summed E-state index contributed by atoms with van der Waals surface area (Å²) in [6.07, 6.45) is 6.97. The van der Waals surface area contributed by atoms with Gasteiger partial charge in [-0.3, -0.25) is 19.5 Å². The van der Waals surface area contributed by atoms with Gasteiger partial charge in [0.2, 0.25) is 11.8 Å². The molecule has 1 aromatic carbocycles. The number of hydrogen-bond acceptors (Lipinski definition) is 4. The number of aromatic nitrogens is 1. The van der Waals surface area contributed by atoms with Crippen molar-refractivity contribution in [2.24, 2.45) is 23.7 Å². The Hall–Kier alpha value is -2.69. The Balaban J connectivity index is 1.40. The van der Waals surface area contributed by atoms with Crippen molar-refractivity contribution < 1.29 is 9.59 Å². The number of likely N-dealkylation sites (tertiary alicyclic amines) is 1. The first-order chi connectivity index (χ1) is 12.1. The number of allylic oxidation sites excluding steroid dienone is 2. The van der Waals surface area contributed by atoms with E-state index in [-0.39, 0.29) is 42.2 Å². The summed E-state index contributed by atoms with van der Waals surface area (Å²) in [6, 6.07) is 7.91. The van der Waals surface area contributed by atoms with E-state index in [9.17, 15) is 9.59 Å². The zero-order valence-electron chi connectivity index (χ0n) is 14.0. The van der Waals surface area contributed by atoms with E-state index in [0.29, 0.717) is 0 Å². The van der Waals surface area contributed by atoms with Gasteiger partial charge in [0.05, 0.1) is 29.7 Å². The van der Waals surface area contributed by atoms with Crippen LogP contribution in [0, 0.1) is 30.6 Å². The molecule has 0 spiro atoms. The molecule has 1 aromatic heterocycles. The van der Waals surface area contributed by atoms with Gasteiger partial charge >= 0.3 is 0 Å². The Morgan fingerprint density at radius 3 is 2.56 bits per heavy atom.